The number of amides is 2. The third kappa shape index (κ3) is 12.2. The van der Waals surface area contributed by atoms with E-state index in [4.69, 9.17) is 13.8 Å². The maximum Gasteiger partial charge on any atom is 0.434 e. The highest BCUT2D eigenvalue weighted by molar-refractivity contribution is 7.92. The summed E-state index contributed by atoms with van der Waals surface area (Å²) < 4.78 is 17.4. The third-order valence-corrected chi connectivity index (χ3v) is 3.49. The Labute approximate surface area is 163 Å². The van der Waals surface area contributed by atoms with E-state index in [2.05, 4.69) is 0 Å². The highest BCUT2D eigenvalue weighted by Gasteiger charge is 2.24. The zero-order chi connectivity index (χ0) is 20.3. The van der Waals surface area contributed by atoms with Gasteiger partial charge >= 0.3 is 12.2 Å². The minimum Gasteiger partial charge on any atom is -0.448 e. The van der Waals surface area contributed by atoms with E-state index in [9.17, 15) is 9.59 Å². The fourth-order valence-electron chi connectivity index (χ4n) is 1.63. The molecule has 0 fully saturated rings. The average Bonchev–Trinajstić information content (AvgIpc) is 2.51. The molecule has 0 aliphatic heterocycles. The predicted molar refractivity (Wildman–Crippen MR) is 104 cm³/mol. The van der Waals surface area contributed by atoms with Crippen molar-refractivity contribution in [2.45, 2.75) is 55.4 Å². The molecule has 0 aromatic rings. The molecule has 0 atom stereocenters. The van der Waals surface area contributed by atoms with Crippen LogP contribution in [0.1, 0.15) is 55.4 Å². The summed E-state index contributed by atoms with van der Waals surface area (Å²) in [5.41, 5.74) is 0. The van der Waals surface area contributed by atoms with Gasteiger partial charge < -0.3 is 9.47 Å². The Bertz CT molecular complexity index is 378. The molecule has 0 saturated carbocycles. The highest BCUT2D eigenvalue weighted by atomic mass is 32.2. The second-order valence-corrected chi connectivity index (χ2v) is 8.74. The van der Waals surface area contributed by atoms with Gasteiger partial charge in [-0.25, -0.2) is 13.9 Å². The fourth-order valence-corrected chi connectivity index (χ4v) is 2.39. The molecule has 0 bridgehead atoms. The first-order valence-corrected chi connectivity index (χ1v) is 9.96. The standard InChI is InChI=1S/C18H36N2O5S/c1-13(2)9-19(17(21)23-11-15(5)6)25-26-20(10-14(3)4)18(22)24-12-16(7)8/h13-16H,9-12H2,1-8H3. The number of rotatable bonds is 11. The molecule has 0 aliphatic carbocycles. The topological polar surface area (TPSA) is 68.3 Å². The van der Waals surface area contributed by atoms with Gasteiger partial charge in [0, 0.05) is 6.54 Å². The number of hydrogen-bond acceptors (Lipinski definition) is 6. The number of hydrogen-bond donors (Lipinski definition) is 0. The maximum atomic E-state index is 12.3. The Morgan fingerprint density at radius 3 is 1.62 bits per heavy atom. The molecule has 0 spiro atoms. The van der Waals surface area contributed by atoms with E-state index in [0.29, 0.717) is 26.3 Å². The van der Waals surface area contributed by atoms with Crippen LogP contribution < -0.4 is 0 Å². The Morgan fingerprint density at radius 2 is 1.19 bits per heavy atom. The van der Waals surface area contributed by atoms with Gasteiger partial charge in [0.05, 0.1) is 19.8 Å². The molecule has 0 saturated heterocycles. The normalized spacial score (nSPS) is 11.4. The van der Waals surface area contributed by atoms with Crippen molar-refractivity contribution in [3.05, 3.63) is 0 Å². The summed E-state index contributed by atoms with van der Waals surface area (Å²) in [6.45, 7) is 17.2. The molecule has 0 heterocycles. The maximum absolute atomic E-state index is 12.3. The van der Waals surface area contributed by atoms with E-state index in [1.54, 1.807) is 0 Å². The summed E-state index contributed by atoms with van der Waals surface area (Å²) in [6, 6.07) is 0. The summed E-state index contributed by atoms with van der Waals surface area (Å²) in [4.78, 5) is 24.5. The molecule has 0 rings (SSSR count). The van der Waals surface area contributed by atoms with Crippen LogP contribution in [0.5, 0.6) is 0 Å². The molecule has 2 amide bonds. The Morgan fingerprint density at radius 1 is 0.731 bits per heavy atom. The van der Waals surface area contributed by atoms with Gasteiger partial charge in [0.2, 0.25) is 0 Å². The van der Waals surface area contributed by atoms with Crippen LogP contribution in [0, 0.1) is 23.7 Å². The minimum absolute atomic E-state index is 0.189. The van der Waals surface area contributed by atoms with E-state index in [-0.39, 0.29) is 23.7 Å². The van der Waals surface area contributed by atoms with E-state index in [0.717, 1.165) is 17.3 Å². The largest absolute Gasteiger partial charge is 0.448 e. The first-order valence-electron chi connectivity index (χ1n) is 9.26. The summed E-state index contributed by atoms with van der Waals surface area (Å²) in [6.07, 6.45) is -1.03. The molecular weight excluding hydrogens is 356 g/mol. The first kappa shape index (κ1) is 24.8. The first-order chi connectivity index (χ1) is 12.0. The lowest BCUT2D eigenvalue weighted by molar-refractivity contribution is -0.0450. The van der Waals surface area contributed by atoms with Gasteiger partial charge in [0.15, 0.2) is 0 Å². The zero-order valence-corrected chi connectivity index (χ0v) is 18.3. The molecule has 7 nitrogen and oxygen atoms in total. The monoisotopic (exact) mass is 392 g/mol. The van der Waals surface area contributed by atoms with Crippen LogP contribution in [0.4, 0.5) is 9.59 Å². The second-order valence-electron chi connectivity index (χ2n) is 8.00. The van der Waals surface area contributed by atoms with Crippen LogP contribution in [0.3, 0.4) is 0 Å². The van der Waals surface area contributed by atoms with Crippen molar-refractivity contribution in [2.24, 2.45) is 23.7 Å². The Kier molecular flexibility index (Phi) is 12.5. The summed E-state index contributed by atoms with van der Waals surface area (Å²) in [5.74, 6) is 0.892. The molecule has 0 aromatic carbocycles. The molecule has 0 aliphatic rings. The van der Waals surface area contributed by atoms with Gasteiger partial charge in [0.1, 0.15) is 12.2 Å². The molecule has 0 radical (unpaired) electrons. The van der Waals surface area contributed by atoms with E-state index < -0.39 is 12.2 Å². The summed E-state index contributed by atoms with van der Waals surface area (Å²) in [7, 11) is 0. The second kappa shape index (κ2) is 13.1. The predicted octanol–water partition coefficient (Wildman–Crippen LogP) is 4.98. The molecule has 0 N–H and O–H groups in total. The van der Waals surface area contributed by atoms with Gasteiger partial charge in [-0.2, -0.15) is 9.35 Å². The number of nitrogens with zero attached hydrogens (tertiary/aromatic N) is 2. The number of hydroxylamine groups is 2. The lowest BCUT2D eigenvalue weighted by Gasteiger charge is -2.26. The van der Waals surface area contributed by atoms with Gasteiger partial charge in [-0.05, 0) is 23.7 Å². The number of carbonyl (C=O) groups excluding carboxylic acids is 2. The van der Waals surface area contributed by atoms with Crippen molar-refractivity contribution in [1.29, 1.82) is 0 Å². The smallest absolute Gasteiger partial charge is 0.434 e. The van der Waals surface area contributed by atoms with Crippen LogP contribution in [0.15, 0.2) is 0 Å². The quantitative estimate of drug-likeness (QED) is 0.280. The number of ether oxygens (including phenoxy) is 2. The minimum atomic E-state index is -0.556. The van der Waals surface area contributed by atoms with Gasteiger partial charge in [0.25, 0.3) is 0 Å². The molecule has 26 heavy (non-hydrogen) atoms. The molecular formula is C18H36N2O5S. The fraction of sp³-hybridized carbons (Fsp3) is 0.889. The lowest BCUT2D eigenvalue weighted by Crippen LogP contribution is -2.37. The van der Waals surface area contributed by atoms with Crippen molar-refractivity contribution >= 4 is 24.4 Å². The van der Waals surface area contributed by atoms with Gasteiger partial charge in [-0.15, -0.1) is 0 Å². The summed E-state index contributed by atoms with van der Waals surface area (Å²) >= 11 is 0.806. The van der Waals surface area contributed by atoms with Crippen LogP contribution in [0.25, 0.3) is 0 Å². The molecule has 8 heteroatoms. The Balaban J connectivity index is 4.85. The van der Waals surface area contributed by atoms with E-state index >= 15 is 0 Å². The Hall–Kier alpha value is -1.15. The van der Waals surface area contributed by atoms with Crippen LogP contribution in [-0.2, 0) is 13.8 Å². The SMILES string of the molecule is CC(C)COC(=O)N(CC(C)C)OSN(CC(C)C)C(=O)OCC(C)C. The van der Waals surface area contributed by atoms with Crippen molar-refractivity contribution in [3.63, 3.8) is 0 Å². The average molecular weight is 393 g/mol. The lowest BCUT2D eigenvalue weighted by atomic mass is 10.2. The van der Waals surface area contributed by atoms with Crippen molar-refractivity contribution in [1.82, 2.24) is 9.37 Å². The third-order valence-electron chi connectivity index (χ3n) is 2.76. The van der Waals surface area contributed by atoms with E-state index in [1.807, 2.05) is 55.4 Å². The van der Waals surface area contributed by atoms with E-state index in [1.165, 1.54) is 4.31 Å². The van der Waals surface area contributed by atoms with Crippen molar-refractivity contribution < 1.29 is 23.3 Å². The van der Waals surface area contributed by atoms with Gasteiger partial charge in [-0.1, -0.05) is 55.4 Å². The molecule has 154 valence electrons. The van der Waals surface area contributed by atoms with Crippen LogP contribution >= 0.6 is 12.2 Å². The zero-order valence-electron chi connectivity index (χ0n) is 17.5. The number of carbonyl (C=O) groups is 2. The molecule has 0 unspecified atom stereocenters. The van der Waals surface area contributed by atoms with Gasteiger partial charge in [-0.3, -0.25) is 0 Å². The van der Waals surface area contributed by atoms with Crippen molar-refractivity contribution in [2.75, 3.05) is 26.3 Å². The summed E-state index contributed by atoms with van der Waals surface area (Å²) in [5, 5.41) is 1.15. The molecule has 0 aromatic heterocycles. The highest BCUT2D eigenvalue weighted by Crippen LogP contribution is 2.19. The van der Waals surface area contributed by atoms with Crippen LogP contribution in [-0.4, -0.2) is 47.9 Å². The van der Waals surface area contributed by atoms with Crippen LogP contribution in [0.2, 0.25) is 0 Å². The van der Waals surface area contributed by atoms with Crippen molar-refractivity contribution in [3.8, 4) is 0 Å².